The highest BCUT2D eigenvalue weighted by atomic mass is 15.1. The van der Waals surface area contributed by atoms with Gasteiger partial charge in [0.05, 0.1) is 12.0 Å². The van der Waals surface area contributed by atoms with Crippen LogP contribution < -0.4 is 5.73 Å². The lowest BCUT2D eigenvalue weighted by Crippen LogP contribution is -2.13. The van der Waals surface area contributed by atoms with Crippen LogP contribution in [0.2, 0.25) is 0 Å². The first-order valence-electron chi connectivity index (χ1n) is 5.00. The average Bonchev–Trinajstić information content (AvgIpc) is 2.88. The number of hydrogen-bond donors (Lipinski definition) is 1. The first kappa shape index (κ1) is 8.75. The standard InChI is InChI=1S/C10H17N3/c1-8(9-2-3-9)6-13-7-12-5-10(13)4-11/h5,7-9H,2-4,6,11H2,1H3. The molecule has 0 saturated heterocycles. The van der Waals surface area contributed by atoms with Gasteiger partial charge in [-0.05, 0) is 24.7 Å². The molecular formula is C10H17N3. The maximum atomic E-state index is 5.60. The van der Waals surface area contributed by atoms with E-state index in [1.807, 2.05) is 12.5 Å². The monoisotopic (exact) mass is 179 g/mol. The van der Waals surface area contributed by atoms with Crippen LogP contribution in [0.5, 0.6) is 0 Å². The van der Waals surface area contributed by atoms with Crippen LogP contribution >= 0.6 is 0 Å². The molecule has 1 atom stereocenters. The van der Waals surface area contributed by atoms with E-state index in [1.54, 1.807) is 0 Å². The molecule has 1 aromatic rings. The molecule has 72 valence electrons. The second-order valence-electron chi connectivity index (χ2n) is 4.06. The van der Waals surface area contributed by atoms with Crippen molar-refractivity contribution in [1.29, 1.82) is 0 Å². The van der Waals surface area contributed by atoms with E-state index in [1.165, 1.54) is 12.8 Å². The average molecular weight is 179 g/mol. The molecule has 1 aliphatic carbocycles. The van der Waals surface area contributed by atoms with Gasteiger partial charge in [0.15, 0.2) is 0 Å². The molecule has 3 heteroatoms. The van der Waals surface area contributed by atoms with E-state index < -0.39 is 0 Å². The summed E-state index contributed by atoms with van der Waals surface area (Å²) in [4.78, 5) is 4.11. The molecule has 3 nitrogen and oxygen atoms in total. The van der Waals surface area contributed by atoms with Crippen LogP contribution in [-0.4, -0.2) is 9.55 Å². The fourth-order valence-electron chi connectivity index (χ4n) is 1.81. The molecule has 1 saturated carbocycles. The summed E-state index contributed by atoms with van der Waals surface area (Å²) in [7, 11) is 0. The van der Waals surface area contributed by atoms with Crippen LogP contribution in [0.15, 0.2) is 12.5 Å². The van der Waals surface area contributed by atoms with E-state index in [4.69, 9.17) is 5.73 Å². The summed E-state index contributed by atoms with van der Waals surface area (Å²) in [5.41, 5.74) is 6.75. The zero-order chi connectivity index (χ0) is 9.26. The molecule has 0 radical (unpaired) electrons. The molecule has 1 unspecified atom stereocenters. The van der Waals surface area contributed by atoms with Crippen LogP contribution in [0.1, 0.15) is 25.5 Å². The summed E-state index contributed by atoms with van der Waals surface area (Å²) in [6, 6.07) is 0. The van der Waals surface area contributed by atoms with Gasteiger partial charge in [0, 0.05) is 19.3 Å². The Morgan fingerprint density at radius 3 is 3.08 bits per heavy atom. The van der Waals surface area contributed by atoms with Gasteiger partial charge in [0.25, 0.3) is 0 Å². The van der Waals surface area contributed by atoms with Crippen molar-refractivity contribution < 1.29 is 0 Å². The number of aromatic nitrogens is 2. The van der Waals surface area contributed by atoms with Crippen LogP contribution in [0.4, 0.5) is 0 Å². The molecule has 2 rings (SSSR count). The summed E-state index contributed by atoms with van der Waals surface area (Å²) in [6.45, 7) is 3.99. The fraction of sp³-hybridized carbons (Fsp3) is 0.700. The third kappa shape index (κ3) is 1.91. The van der Waals surface area contributed by atoms with Crippen molar-refractivity contribution in [2.45, 2.75) is 32.9 Å². The smallest absolute Gasteiger partial charge is 0.0948 e. The van der Waals surface area contributed by atoms with Crippen LogP contribution in [0, 0.1) is 11.8 Å². The van der Waals surface area contributed by atoms with Crippen molar-refractivity contribution in [3.05, 3.63) is 18.2 Å². The highest BCUT2D eigenvalue weighted by molar-refractivity contribution is 4.97. The maximum Gasteiger partial charge on any atom is 0.0948 e. The molecule has 1 aromatic heterocycles. The predicted molar refractivity (Wildman–Crippen MR) is 52.0 cm³/mol. The Kier molecular flexibility index (Phi) is 2.36. The van der Waals surface area contributed by atoms with E-state index in [0.717, 1.165) is 24.1 Å². The summed E-state index contributed by atoms with van der Waals surface area (Å²) in [5, 5.41) is 0. The highest BCUT2D eigenvalue weighted by Gasteiger charge is 2.28. The second kappa shape index (κ2) is 3.50. The Balaban J connectivity index is 1.99. The van der Waals surface area contributed by atoms with Gasteiger partial charge in [-0.1, -0.05) is 6.92 Å². The van der Waals surface area contributed by atoms with E-state index in [-0.39, 0.29) is 0 Å². The van der Waals surface area contributed by atoms with Crippen molar-refractivity contribution in [3.63, 3.8) is 0 Å². The van der Waals surface area contributed by atoms with E-state index in [0.29, 0.717) is 6.54 Å². The van der Waals surface area contributed by atoms with Crippen LogP contribution in [0.3, 0.4) is 0 Å². The van der Waals surface area contributed by atoms with Gasteiger partial charge in [0.2, 0.25) is 0 Å². The molecule has 0 amide bonds. The molecule has 13 heavy (non-hydrogen) atoms. The van der Waals surface area contributed by atoms with Gasteiger partial charge in [-0.2, -0.15) is 0 Å². The van der Waals surface area contributed by atoms with Crippen LogP contribution in [-0.2, 0) is 13.1 Å². The van der Waals surface area contributed by atoms with Crippen molar-refractivity contribution >= 4 is 0 Å². The Labute approximate surface area is 79.0 Å². The predicted octanol–water partition coefficient (Wildman–Crippen LogP) is 1.39. The number of nitrogens with zero attached hydrogens (tertiary/aromatic N) is 2. The van der Waals surface area contributed by atoms with Crippen LogP contribution in [0.25, 0.3) is 0 Å². The molecular weight excluding hydrogens is 162 g/mol. The van der Waals surface area contributed by atoms with Gasteiger partial charge in [-0.15, -0.1) is 0 Å². The number of nitrogens with two attached hydrogens (primary N) is 1. The fourth-order valence-corrected chi connectivity index (χ4v) is 1.81. The Bertz CT molecular complexity index is 275. The second-order valence-corrected chi connectivity index (χ2v) is 4.06. The molecule has 1 heterocycles. The van der Waals surface area contributed by atoms with Crippen molar-refractivity contribution in [2.24, 2.45) is 17.6 Å². The number of hydrogen-bond acceptors (Lipinski definition) is 2. The van der Waals surface area contributed by atoms with Crippen molar-refractivity contribution in [1.82, 2.24) is 9.55 Å². The SMILES string of the molecule is CC(Cn1cncc1CN)C1CC1. The summed E-state index contributed by atoms with van der Waals surface area (Å²) in [5.74, 6) is 1.73. The molecule has 0 aliphatic heterocycles. The normalized spacial score (nSPS) is 18.9. The molecule has 0 spiro atoms. The zero-order valence-corrected chi connectivity index (χ0v) is 8.11. The summed E-state index contributed by atoms with van der Waals surface area (Å²) in [6.07, 6.45) is 6.57. The van der Waals surface area contributed by atoms with Crippen molar-refractivity contribution in [3.8, 4) is 0 Å². The number of rotatable bonds is 4. The topological polar surface area (TPSA) is 43.8 Å². The Hall–Kier alpha value is -0.830. The van der Waals surface area contributed by atoms with Crippen molar-refractivity contribution in [2.75, 3.05) is 0 Å². The Morgan fingerprint density at radius 1 is 1.69 bits per heavy atom. The third-order valence-electron chi connectivity index (χ3n) is 2.92. The third-order valence-corrected chi connectivity index (χ3v) is 2.92. The number of imidazole rings is 1. The quantitative estimate of drug-likeness (QED) is 0.759. The minimum Gasteiger partial charge on any atom is -0.333 e. The first-order chi connectivity index (χ1) is 6.31. The van der Waals surface area contributed by atoms with Gasteiger partial charge in [0.1, 0.15) is 0 Å². The first-order valence-corrected chi connectivity index (χ1v) is 5.00. The molecule has 1 aliphatic rings. The van der Waals surface area contributed by atoms with E-state index in [9.17, 15) is 0 Å². The van der Waals surface area contributed by atoms with E-state index in [2.05, 4.69) is 16.5 Å². The zero-order valence-electron chi connectivity index (χ0n) is 8.11. The lowest BCUT2D eigenvalue weighted by Gasteiger charge is -2.12. The minimum absolute atomic E-state index is 0.595. The highest BCUT2D eigenvalue weighted by Crippen LogP contribution is 2.37. The van der Waals surface area contributed by atoms with Gasteiger partial charge in [-0.3, -0.25) is 0 Å². The molecule has 0 bridgehead atoms. The molecule has 0 aromatic carbocycles. The largest absolute Gasteiger partial charge is 0.333 e. The van der Waals surface area contributed by atoms with Gasteiger partial charge < -0.3 is 10.3 Å². The lowest BCUT2D eigenvalue weighted by atomic mass is 10.1. The summed E-state index contributed by atoms with van der Waals surface area (Å²) < 4.78 is 2.18. The maximum absolute atomic E-state index is 5.60. The molecule has 1 fully saturated rings. The minimum atomic E-state index is 0.595. The summed E-state index contributed by atoms with van der Waals surface area (Å²) >= 11 is 0. The van der Waals surface area contributed by atoms with Gasteiger partial charge in [-0.25, -0.2) is 4.98 Å². The molecule has 2 N–H and O–H groups in total. The lowest BCUT2D eigenvalue weighted by molar-refractivity contribution is 0.423. The van der Waals surface area contributed by atoms with E-state index >= 15 is 0 Å². The van der Waals surface area contributed by atoms with Gasteiger partial charge >= 0.3 is 0 Å². The Morgan fingerprint density at radius 2 is 2.46 bits per heavy atom.